The maximum absolute atomic E-state index is 12.6. The standard InChI is InChI=1S/C23H30F2N4O2.HI/c1-5-29(6-2)21(30)18-10-8-17(9-11-18)14-27-23(26-4)28-15-19-13-16(3)7-12-20(19)31-22(24)25;/h7-13,22H,5-6,14-15H2,1-4H3,(H2,26,27,28);1H. The molecule has 9 heteroatoms. The van der Waals surface area contributed by atoms with Gasteiger partial charge in [0.25, 0.3) is 5.91 Å². The summed E-state index contributed by atoms with van der Waals surface area (Å²) in [5.74, 6) is 0.673. The lowest BCUT2D eigenvalue weighted by Gasteiger charge is -2.18. The summed E-state index contributed by atoms with van der Waals surface area (Å²) in [5.41, 5.74) is 3.19. The summed E-state index contributed by atoms with van der Waals surface area (Å²) in [6.07, 6.45) is 0. The zero-order valence-corrected chi connectivity index (χ0v) is 21.2. The number of hydrogen-bond acceptors (Lipinski definition) is 3. The summed E-state index contributed by atoms with van der Waals surface area (Å²) in [6.45, 7) is 5.04. The van der Waals surface area contributed by atoms with Gasteiger partial charge in [0.15, 0.2) is 5.96 Å². The highest BCUT2D eigenvalue weighted by molar-refractivity contribution is 14.0. The predicted octanol–water partition coefficient (Wildman–Crippen LogP) is 4.56. The summed E-state index contributed by atoms with van der Waals surface area (Å²) in [4.78, 5) is 18.3. The van der Waals surface area contributed by atoms with E-state index in [0.29, 0.717) is 36.7 Å². The molecule has 1 amide bonds. The van der Waals surface area contributed by atoms with Gasteiger partial charge < -0.3 is 20.3 Å². The molecule has 0 fully saturated rings. The van der Waals surface area contributed by atoms with Crippen LogP contribution in [0.4, 0.5) is 8.78 Å². The first-order valence-corrected chi connectivity index (χ1v) is 10.2. The minimum absolute atomic E-state index is 0. The molecule has 0 bridgehead atoms. The molecule has 176 valence electrons. The molecular weight excluding hydrogens is 529 g/mol. The van der Waals surface area contributed by atoms with Crippen LogP contribution in [0.3, 0.4) is 0 Å². The molecule has 6 nitrogen and oxygen atoms in total. The molecule has 2 aromatic carbocycles. The van der Waals surface area contributed by atoms with Crippen LogP contribution in [0.15, 0.2) is 47.5 Å². The molecule has 0 saturated carbocycles. The second kappa shape index (κ2) is 13.9. The molecule has 0 aliphatic heterocycles. The Morgan fingerprint density at radius 3 is 2.25 bits per heavy atom. The van der Waals surface area contributed by atoms with Gasteiger partial charge in [0, 0.05) is 44.4 Å². The summed E-state index contributed by atoms with van der Waals surface area (Å²) in [7, 11) is 1.63. The van der Waals surface area contributed by atoms with Crippen molar-refractivity contribution in [2.75, 3.05) is 20.1 Å². The molecular formula is C23H31F2IN4O2. The maximum atomic E-state index is 12.6. The third-order valence-corrected chi connectivity index (χ3v) is 4.81. The molecule has 2 aromatic rings. The number of carbonyl (C=O) groups excluding carboxylic acids is 1. The van der Waals surface area contributed by atoms with Crippen LogP contribution >= 0.6 is 24.0 Å². The Morgan fingerprint density at radius 1 is 1.06 bits per heavy atom. The van der Waals surface area contributed by atoms with Crippen molar-refractivity contribution < 1.29 is 18.3 Å². The van der Waals surface area contributed by atoms with E-state index in [1.165, 1.54) is 6.07 Å². The fraction of sp³-hybridized carbons (Fsp3) is 0.391. The van der Waals surface area contributed by atoms with Gasteiger partial charge in [-0.15, -0.1) is 24.0 Å². The zero-order valence-electron chi connectivity index (χ0n) is 18.8. The molecule has 0 atom stereocenters. The van der Waals surface area contributed by atoms with E-state index in [0.717, 1.165) is 11.1 Å². The minimum Gasteiger partial charge on any atom is -0.434 e. The van der Waals surface area contributed by atoms with Crippen LogP contribution in [0.25, 0.3) is 0 Å². The highest BCUT2D eigenvalue weighted by Crippen LogP contribution is 2.22. The quantitative estimate of drug-likeness (QED) is 0.268. The predicted molar refractivity (Wildman–Crippen MR) is 134 cm³/mol. The van der Waals surface area contributed by atoms with Crippen molar-refractivity contribution in [2.24, 2.45) is 4.99 Å². The molecule has 2 rings (SSSR count). The van der Waals surface area contributed by atoms with E-state index in [4.69, 9.17) is 0 Å². The highest BCUT2D eigenvalue weighted by atomic mass is 127. The first kappa shape index (κ1) is 27.6. The number of ether oxygens (including phenoxy) is 1. The van der Waals surface area contributed by atoms with Crippen molar-refractivity contribution in [1.82, 2.24) is 15.5 Å². The van der Waals surface area contributed by atoms with Gasteiger partial charge in [-0.3, -0.25) is 9.79 Å². The van der Waals surface area contributed by atoms with Crippen molar-refractivity contribution >= 4 is 35.8 Å². The number of alkyl halides is 2. The van der Waals surface area contributed by atoms with Gasteiger partial charge in [-0.2, -0.15) is 8.78 Å². The van der Waals surface area contributed by atoms with Gasteiger partial charge >= 0.3 is 6.61 Å². The summed E-state index contributed by atoms with van der Waals surface area (Å²) < 4.78 is 29.9. The van der Waals surface area contributed by atoms with Gasteiger partial charge in [-0.25, -0.2) is 0 Å². The number of carbonyl (C=O) groups is 1. The van der Waals surface area contributed by atoms with Crippen LogP contribution in [0.2, 0.25) is 0 Å². The van der Waals surface area contributed by atoms with E-state index < -0.39 is 6.61 Å². The second-order valence-corrected chi connectivity index (χ2v) is 6.94. The number of aliphatic imine (C=N–C) groups is 1. The third-order valence-electron chi connectivity index (χ3n) is 4.81. The Hall–Kier alpha value is -2.43. The minimum atomic E-state index is -2.88. The van der Waals surface area contributed by atoms with Crippen molar-refractivity contribution in [3.05, 3.63) is 64.7 Å². The Kier molecular flexibility index (Phi) is 12.0. The monoisotopic (exact) mass is 560 g/mol. The fourth-order valence-electron chi connectivity index (χ4n) is 3.10. The van der Waals surface area contributed by atoms with Gasteiger partial charge in [0.1, 0.15) is 5.75 Å². The zero-order chi connectivity index (χ0) is 22.8. The highest BCUT2D eigenvalue weighted by Gasteiger charge is 2.12. The van der Waals surface area contributed by atoms with E-state index in [-0.39, 0.29) is 42.2 Å². The van der Waals surface area contributed by atoms with Gasteiger partial charge in [0.05, 0.1) is 0 Å². The number of rotatable bonds is 9. The van der Waals surface area contributed by atoms with Gasteiger partial charge in [-0.05, 0) is 44.5 Å². The Bertz CT molecular complexity index is 888. The number of nitrogens with one attached hydrogen (secondary N) is 2. The van der Waals surface area contributed by atoms with Crippen LogP contribution in [0, 0.1) is 6.92 Å². The summed E-state index contributed by atoms with van der Waals surface area (Å²) >= 11 is 0. The third kappa shape index (κ3) is 8.25. The number of benzene rings is 2. The SMILES string of the molecule is CCN(CC)C(=O)c1ccc(CNC(=NC)NCc2cc(C)ccc2OC(F)F)cc1.I. The van der Waals surface area contributed by atoms with Crippen LogP contribution in [-0.4, -0.2) is 43.5 Å². The van der Waals surface area contributed by atoms with Crippen molar-refractivity contribution in [2.45, 2.75) is 40.5 Å². The van der Waals surface area contributed by atoms with Crippen molar-refractivity contribution in [3.63, 3.8) is 0 Å². The molecule has 0 aromatic heterocycles. The summed E-state index contributed by atoms with van der Waals surface area (Å²) in [6, 6.07) is 12.5. The van der Waals surface area contributed by atoms with Crippen molar-refractivity contribution in [1.29, 1.82) is 0 Å². The number of amides is 1. The smallest absolute Gasteiger partial charge is 0.387 e. The Balaban J connectivity index is 0.00000512. The molecule has 32 heavy (non-hydrogen) atoms. The first-order chi connectivity index (χ1) is 14.9. The lowest BCUT2D eigenvalue weighted by atomic mass is 10.1. The average Bonchev–Trinajstić information content (AvgIpc) is 2.76. The molecule has 2 N–H and O–H groups in total. The number of guanidine groups is 1. The van der Waals surface area contributed by atoms with Gasteiger partial charge in [0.2, 0.25) is 0 Å². The number of halogens is 3. The molecule has 0 unspecified atom stereocenters. The van der Waals surface area contributed by atoms with E-state index in [9.17, 15) is 13.6 Å². The molecule has 0 saturated heterocycles. The van der Waals surface area contributed by atoms with E-state index in [1.807, 2.05) is 45.0 Å². The molecule has 0 aliphatic carbocycles. The van der Waals surface area contributed by atoms with E-state index in [1.54, 1.807) is 24.1 Å². The lowest BCUT2D eigenvalue weighted by Crippen LogP contribution is -2.36. The number of nitrogens with zero attached hydrogens (tertiary/aromatic N) is 2. The fourth-order valence-corrected chi connectivity index (χ4v) is 3.10. The van der Waals surface area contributed by atoms with Crippen LogP contribution in [-0.2, 0) is 13.1 Å². The van der Waals surface area contributed by atoms with E-state index >= 15 is 0 Å². The van der Waals surface area contributed by atoms with Gasteiger partial charge in [-0.1, -0.05) is 29.8 Å². The molecule has 0 heterocycles. The second-order valence-electron chi connectivity index (χ2n) is 6.94. The maximum Gasteiger partial charge on any atom is 0.387 e. The normalized spacial score (nSPS) is 11.0. The number of hydrogen-bond donors (Lipinski definition) is 2. The molecule has 0 spiro atoms. The summed E-state index contributed by atoms with van der Waals surface area (Å²) in [5, 5.41) is 6.29. The topological polar surface area (TPSA) is 66.0 Å². The first-order valence-electron chi connectivity index (χ1n) is 10.2. The van der Waals surface area contributed by atoms with Crippen LogP contribution in [0.5, 0.6) is 5.75 Å². The molecule has 0 radical (unpaired) electrons. The average molecular weight is 560 g/mol. The van der Waals surface area contributed by atoms with Crippen molar-refractivity contribution in [3.8, 4) is 5.75 Å². The van der Waals surface area contributed by atoms with Crippen LogP contribution in [0.1, 0.15) is 40.9 Å². The van der Waals surface area contributed by atoms with Crippen LogP contribution < -0.4 is 15.4 Å². The Morgan fingerprint density at radius 2 is 1.69 bits per heavy atom. The largest absolute Gasteiger partial charge is 0.434 e. The molecule has 0 aliphatic rings. The number of aryl methyl sites for hydroxylation is 1. The Labute approximate surface area is 205 Å². The van der Waals surface area contributed by atoms with E-state index in [2.05, 4.69) is 20.4 Å². The lowest BCUT2D eigenvalue weighted by molar-refractivity contribution is -0.0504.